The normalized spacial score (nSPS) is 22.3. The van der Waals surface area contributed by atoms with E-state index in [1.54, 1.807) is 31.4 Å². The number of hydrogen-bond donors (Lipinski definition) is 4. The zero-order valence-corrected chi connectivity index (χ0v) is 84.0. The Morgan fingerprint density at radius 1 is 0.284 bits per heavy atom. The van der Waals surface area contributed by atoms with Crippen LogP contribution in [0.3, 0.4) is 0 Å². The van der Waals surface area contributed by atoms with E-state index in [2.05, 4.69) is 137 Å². The van der Waals surface area contributed by atoms with Gasteiger partial charge >= 0.3 is 0 Å². The lowest BCUT2D eigenvalue weighted by atomic mass is 9.66. The summed E-state index contributed by atoms with van der Waals surface area (Å²) < 4.78 is 120. The van der Waals surface area contributed by atoms with Crippen molar-refractivity contribution >= 4 is 0 Å². The molecule has 0 unspecified atom stereocenters. The molecule has 0 amide bonds. The molecule has 0 radical (unpaired) electrons. The molecule has 0 spiro atoms. The molecule has 8 bridgehead atoms. The average Bonchev–Trinajstić information content (AvgIpc) is 1.53. The number of nitrogens with zero attached hydrogens (tertiary/aromatic N) is 24. The number of aliphatic hydroxyl groups is 4. The summed E-state index contributed by atoms with van der Waals surface area (Å²) in [6, 6.07) is 46.2. The van der Waals surface area contributed by atoms with Gasteiger partial charge in [0.25, 0.3) is 0 Å². The molecule has 760 valence electrons. The van der Waals surface area contributed by atoms with Gasteiger partial charge in [-0.05, 0) is 252 Å². The average molecular weight is 2010 g/mol. The van der Waals surface area contributed by atoms with Crippen molar-refractivity contribution in [2.45, 2.75) is 206 Å². The molecule has 148 heavy (non-hydrogen) atoms. The molecule has 16 aromatic rings. The van der Waals surface area contributed by atoms with Gasteiger partial charge in [0.1, 0.15) is 69.3 Å². The van der Waals surface area contributed by atoms with Gasteiger partial charge in [-0.2, -0.15) is 50.4 Å². The van der Waals surface area contributed by atoms with Crippen molar-refractivity contribution in [2.75, 3.05) is 26.4 Å². The van der Waals surface area contributed by atoms with Crippen molar-refractivity contribution < 1.29 is 55.5 Å². The number of benzene rings is 4. The highest BCUT2D eigenvalue weighted by molar-refractivity contribution is 5.71. The number of aromatic nitrogens is 24. The second kappa shape index (κ2) is 38.1. The molecular weight excluding hydrogens is 1900 g/mol. The molecule has 12 heterocycles. The minimum atomic E-state index is -0.651. The quantitative estimate of drug-likeness (QED) is 0.0408. The first kappa shape index (κ1) is 99.6. The van der Waals surface area contributed by atoms with Crippen molar-refractivity contribution in [3.8, 4) is 90.6 Å². The highest BCUT2D eigenvalue weighted by Gasteiger charge is 2.69. The minimum Gasteiger partial charge on any atom is -0.396 e. The SMILES string of the molecule is C[C@@H](CO)Cn1cc(-c2cccc([C@@]34CC[C@@H](c5cc(-c6c(F)cccc6F)nnc53)C4(C)C)n2)nn1.C[C@@H](CO)Cn1ncc(-c2cccc([C@@]34CC[C@@H](c5cc(-c6c(F)cccc6F)nnc53)C4(C)C)n2)n1.C[C@H](CO)Cn1cc(-c2cccc([C@@]34CC[C@@H](c5cc(-c6c(F)cccc6F)nnc53)C4(C)C)n2)nn1.C[C@H](CO)Cn1ncc(-c2cccc([C@@]34CC[C@@H](c5cc(-c6c(F)cccc6F)nnc53)C4(C)C)n2)n1. The molecular formula is C112H112F8N24O4. The standard InChI is InChI=1S/4C28H28F2N6O/c2*1-16(15-37)14-36-31-13-23(35-36)21-8-5-9-24(32-21)28-11-10-18(27(28,2)3)17-12-22(33-34-26(17)28)25-19(29)6-4-7-20(25)30;2*1-16(15-37)13-36-14-23(33-35-36)21-8-5-9-24(31-21)28-11-10-18(27(28,2)3)17-12-22(32-34-26(17)28)25-19(29)6-4-7-20(25)30/h2*4-9,12-13,16,18,37H,10-11,14-15H2,1-3H3;2*4-9,12,14,16,18,37H,10-11,13,15H2,1-3H3/t16-,18+,28+;16-,18-,28-;16-,18+,28+;16-,18-,28-/m1010/s1. The molecule has 4 saturated carbocycles. The van der Waals surface area contributed by atoms with Crippen LogP contribution in [-0.2, 0) is 47.8 Å². The van der Waals surface area contributed by atoms with Gasteiger partial charge in [0.15, 0.2) is 0 Å². The third kappa shape index (κ3) is 16.1. The van der Waals surface area contributed by atoms with E-state index in [0.717, 1.165) is 119 Å². The van der Waals surface area contributed by atoms with Crippen molar-refractivity contribution in [1.29, 1.82) is 0 Å². The second-order valence-electron chi connectivity index (χ2n) is 43.4. The molecule has 24 rings (SSSR count). The molecule has 12 atom stereocenters. The summed E-state index contributed by atoms with van der Waals surface area (Å²) in [6.45, 7) is 28.0. The van der Waals surface area contributed by atoms with Gasteiger partial charge in [-0.3, -0.25) is 29.3 Å². The third-order valence-electron chi connectivity index (χ3n) is 33.5. The number of pyridine rings is 4. The molecule has 4 N–H and O–H groups in total. The first-order chi connectivity index (χ1) is 71.0. The Labute approximate surface area is 849 Å². The topological polar surface area (TPSA) is 358 Å². The van der Waals surface area contributed by atoms with Crippen LogP contribution in [0.15, 0.2) is 195 Å². The van der Waals surface area contributed by atoms with Gasteiger partial charge in [0.2, 0.25) is 0 Å². The summed E-state index contributed by atoms with van der Waals surface area (Å²) in [4.78, 5) is 23.4. The Bertz CT molecular complexity index is 6830. The molecule has 8 aliphatic rings. The van der Waals surface area contributed by atoms with E-state index in [0.29, 0.717) is 71.7 Å². The Balaban J connectivity index is 0.000000116. The van der Waals surface area contributed by atoms with Gasteiger partial charge in [-0.15, -0.1) is 30.6 Å². The van der Waals surface area contributed by atoms with E-state index in [1.165, 1.54) is 72.8 Å². The van der Waals surface area contributed by atoms with Crippen molar-refractivity contribution in [3.63, 3.8) is 0 Å². The molecule has 12 aromatic heterocycles. The maximum atomic E-state index is 14.5. The number of halogens is 8. The molecule has 4 fully saturated rings. The maximum Gasteiger partial charge on any atom is 0.135 e. The van der Waals surface area contributed by atoms with E-state index in [-0.39, 0.29) is 140 Å². The molecule has 4 aromatic carbocycles. The van der Waals surface area contributed by atoms with Gasteiger partial charge in [0.05, 0.1) is 173 Å². The van der Waals surface area contributed by atoms with E-state index in [4.69, 9.17) is 19.9 Å². The van der Waals surface area contributed by atoms with Crippen LogP contribution >= 0.6 is 0 Å². The van der Waals surface area contributed by atoms with E-state index in [1.807, 2.05) is 137 Å². The predicted molar refractivity (Wildman–Crippen MR) is 534 cm³/mol. The smallest absolute Gasteiger partial charge is 0.135 e. The number of rotatable bonds is 24. The first-order valence-electron chi connectivity index (χ1n) is 50.3. The minimum absolute atomic E-state index is 0.0472. The summed E-state index contributed by atoms with van der Waals surface area (Å²) in [5.41, 5.74) is 13.7. The predicted octanol–water partition coefficient (Wildman–Crippen LogP) is 19.6. The molecule has 36 heteroatoms. The van der Waals surface area contributed by atoms with Crippen LogP contribution in [-0.4, -0.2) is 168 Å². The van der Waals surface area contributed by atoms with Crippen LogP contribution in [0.2, 0.25) is 0 Å². The lowest BCUT2D eigenvalue weighted by molar-refractivity contribution is 0.213. The number of fused-ring (bicyclic) bond motifs is 20. The first-order valence-corrected chi connectivity index (χ1v) is 50.3. The Morgan fingerprint density at radius 2 is 0.514 bits per heavy atom. The largest absolute Gasteiger partial charge is 0.396 e. The van der Waals surface area contributed by atoms with Crippen LogP contribution in [0.1, 0.15) is 226 Å². The van der Waals surface area contributed by atoms with Crippen molar-refractivity contribution in [2.24, 2.45) is 45.3 Å². The lowest BCUT2D eigenvalue weighted by Gasteiger charge is -2.37. The van der Waals surface area contributed by atoms with Gasteiger partial charge in [-0.25, -0.2) is 35.1 Å². The third-order valence-corrected chi connectivity index (χ3v) is 33.5. The molecule has 0 saturated heterocycles. The summed E-state index contributed by atoms with van der Waals surface area (Å²) in [6.07, 6.45) is 14.2. The summed E-state index contributed by atoms with van der Waals surface area (Å²) in [5.74, 6) is -4.31. The fraction of sp³-hybridized carbons (Fsp3) is 0.393. The van der Waals surface area contributed by atoms with Gasteiger partial charge in [-0.1, -0.05) is 142 Å². The van der Waals surface area contributed by atoms with Gasteiger partial charge in [0, 0.05) is 51.4 Å². The maximum absolute atomic E-state index is 14.5. The van der Waals surface area contributed by atoms with E-state index in [9.17, 15) is 55.5 Å². The number of aliphatic hydroxyl groups excluding tert-OH is 4. The lowest BCUT2D eigenvalue weighted by Crippen LogP contribution is -2.37. The zero-order valence-electron chi connectivity index (χ0n) is 84.0. The van der Waals surface area contributed by atoms with Crippen LogP contribution in [0.4, 0.5) is 35.1 Å². The molecule has 0 aliphatic heterocycles. The van der Waals surface area contributed by atoms with Crippen LogP contribution < -0.4 is 0 Å². The Hall–Kier alpha value is -14.4. The Morgan fingerprint density at radius 3 is 0.757 bits per heavy atom. The van der Waals surface area contributed by atoms with E-state index >= 15 is 0 Å². The van der Waals surface area contributed by atoms with Gasteiger partial charge < -0.3 is 20.4 Å². The highest BCUT2D eigenvalue weighted by atomic mass is 19.2. The fourth-order valence-corrected chi connectivity index (χ4v) is 25.7. The second-order valence-corrected chi connectivity index (χ2v) is 43.4. The monoisotopic (exact) mass is 2010 g/mol. The van der Waals surface area contributed by atoms with Crippen LogP contribution in [0, 0.1) is 91.9 Å². The summed E-state index contributed by atoms with van der Waals surface area (Å²) in [7, 11) is 0. The van der Waals surface area contributed by atoms with Crippen molar-refractivity contribution in [3.05, 3.63) is 309 Å². The molecule has 28 nitrogen and oxygen atoms in total. The fourth-order valence-electron chi connectivity index (χ4n) is 25.7. The number of hydrogen-bond acceptors (Lipinski definition) is 24. The Kier molecular flexibility index (Phi) is 25.6. The zero-order chi connectivity index (χ0) is 104. The van der Waals surface area contributed by atoms with E-state index < -0.39 is 68.2 Å². The summed E-state index contributed by atoms with van der Waals surface area (Å²) in [5, 5.41) is 108. The van der Waals surface area contributed by atoms with Crippen LogP contribution in [0.5, 0.6) is 0 Å². The highest BCUT2D eigenvalue weighted by Crippen LogP contribution is 2.74. The van der Waals surface area contributed by atoms with Crippen LogP contribution in [0.25, 0.3) is 90.6 Å². The molecule has 8 aliphatic carbocycles. The summed E-state index contributed by atoms with van der Waals surface area (Å²) >= 11 is 0. The van der Waals surface area contributed by atoms with Crippen molar-refractivity contribution in [1.82, 2.24) is 121 Å².